The van der Waals surface area contributed by atoms with Gasteiger partial charge in [-0.1, -0.05) is 0 Å². The molecular formula is C16H23N3O2S. The molecule has 120 valence electrons. The van der Waals surface area contributed by atoms with Gasteiger partial charge in [-0.3, -0.25) is 9.69 Å². The summed E-state index contributed by atoms with van der Waals surface area (Å²) in [6.45, 7) is 4.64. The van der Waals surface area contributed by atoms with Gasteiger partial charge in [0.05, 0.1) is 6.54 Å². The molecule has 3 saturated heterocycles. The first-order valence-corrected chi connectivity index (χ1v) is 9.19. The SMILES string of the molecule is O=C1C[C@@H]2[C@H](CCN2Cc2nccs2)N1CC1CCOCC1. The van der Waals surface area contributed by atoms with Gasteiger partial charge in [-0.15, -0.1) is 11.3 Å². The van der Waals surface area contributed by atoms with Gasteiger partial charge < -0.3 is 9.64 Å². The molecule has 0 aliphatic carbocycles. The minimum absolute atomic E-state index is 0.352. The van der Waals surface area contributed by atoms with E-state index in [4.69, 9.17) is 4.74 Å². The summed E-state index contributed by atoms with van der Waals surface area (Å²) in [5.41, 5.74) is 0. The minimum atomic E-state index is 0.352. The quantitative estimate of drug-likeness (QED) is 0.847. The van der Waals surface area contributed by atoms with Gasteiger partial charge in [0.2, 0.25) is 5.91 Å². The lowest BCUT2D eigenvalue weighted by atomic mass is 9.99. The van der Waals surface area contributed by atoms with Gasteiger partial charge in [0, 0.05) is 56.4 Å². The van der Waals surface area contributed by atoms with E-state index in [0.29, 0.717) is 30.3 Å². The van der Waals surface area contributed by atoms with Crippen LogP contribution in [0.2, 0.25) is 0 Å². The molecule has 1 amide bonds. The van der Waals surface area contributed by atoms with E-state index in [2.05, 4.69) is 14.8 Å². The fourth-order valence-corrected chi connectivity index (χ4v) is 4.80. The van der Waals surface area contributed by atoms with Crippen LogP contribution in [0.25, 0.3) is 0 Å². The molecule has 3 fully saturated rings. The molecular weight excluding hydrogens is 298 g/mol. The Morgan fingerprint density at radius 1 is 1.27 bits per heavy atom. The van der Waals surface area contributed by atoms with Gasteiger partial charge in [-0.25, -0.2) is 4.98 Å². The number of fused-ring (bicyclic) bond motifs is 1. The molecule has 0 bridgehead atoms. The van der Waals surface area contributed by atoms with Crippen LogP contribution in [0, 0.1) is 5.92 Å². The van der Waals surface area contributed by atoms with Crippen molar-refractivity contribution in [2.75, 3.05) is 26.3 Å². The zero-order valence-electron chi connectivity index (χ0n) is 12.8. The summed E-state index contributed by atoms with van der Waals surface area (Å²) >= 11 is 1.71. The summed E-state index contributed by atoms with van der Waals surface area (Å²) in [5, 5.41) is 3.19. The number of aromatic nitrogens is 1. The Morgan fingerprint density at radius 2 is 2.14 bits per heavy atom. The number of rotatable bonds is 4. The lowest BCUT2D eigenvalue weighted by Crippen LogP contribution is -2.40. The van der Waals surface area contributed by atoms with Crippen molar-refractivity contribution in [3.63, 3.8) is 0 Å². The van der Waals surface area contributed by atoms with Crippen LogP contribution in [0.5, 0.6) is 0 Å². The Balaban J connectivity index is 1.40. The summed E-state index contributed by atoms with van der Waals surface area (Å²) in [4.78, 5) is 21.5. The Bertz CT molecular complexity index is 515. The van der Waals surface area contributed by atoms with E-state index in [1.807, 2.05) is 11.6 Å². The molecule has 3 aliphatic rings. The molecule has 5 nitrogen and oxygen atoms in total. The fourth-order valence-electron chi connectivity index (χ4n) is 4.15. The number of hydrogen-bond donors (Lipinski definition) is 0. The first kappa shape index (κ1) is 14.6. The molecule has 6 heteroatoms. The summed E-state index contributed by atoms with van der Waals surface area (Å²) in [6.07, 6.45) is 5.88. The number of ether oxygens (including phenoxy) is 1. The third-order valence-corrected chi connectivity index (χ3v) is 6.11. The van der Waals surface area contributed by atoms with E-state index >= 15 is 0 Å². The molecule has 3 aliphatic heterocycles. The molecule has 4 rings (SSSR count). The van der Waals surface area contributed by atoms with Crippen molar-refractivity contribution in [1.82, 2.24) is 14.8 Å². The summed E-state index contributed by atoms with van der Waals surface area (Å²) in [5.74, 6) is 0.981. The molecule has 0 spiro atoms. The van der Waals surface area contributed by atoms with Crippen molar-refractivity contribution in [2.24, 2.45) is 5.92 Å². The average molecular weight is 321 g/mol. The van der Waals surface area contributed by atoms with Crippen molar-refractivity contribution >= 4 is 17.2 Å². The summed E-state index contributed by atoms with van der Waals surface area (Å²) in [6, 6.07) is 0.826. The van der Waals surface area contributed by atoms with Crippen molar-refractivity contribution in [3.8, 4) is 0 Å². The third kappa shape index (κ3) is 2.79. The van der Waals surface area contributed by atoms with Crippen LogP contribution in [0.3, 0.4) is 0 Å². The Morgan fingerprint density at radius 3 is 2.91 bits per heavy atom. The topological polar surface area (TPSA) is 45.7 Å². The van der Waals surface area contributed by atoms with Crippen LogP contribution in [0.4, 0.5) is 0 Å². The van der Waals surface area contributed by atoms with Gasteiger partial charge in [0.1, 0.15) is 5.01 Å². The number of amides is 1. The average Bonchev–Trinajstić information content (AvgIpc) is 3.23. The molecule has 0 radical (unpaired) electrons. The van der Waals surface area contributed by atoms with Crippen LogP contribution in [0.15, 0.2) is 11.6 Å². The number of carbonyl (C=O) groups excluding carboxylic acids is 1. The van der Waals surface area contributed by atoms with E-state index in [1.165, 1.54) is 0 Å². The second-order valence-electron chi connectivity index (χ2n) is 6.63. The molecule has 0 aromatic carbocycles. The molecule has 1 aromatic rings. The maximum atomic E-state index is 12.5. The van der Waals surface area contributed by atoms with Gasteiger partial charge >= 0.3 is 0 Å². The first-order chi connectivity index (χ1) is 10.8. The maximum Gasteiger partial charge on any atom is 0.224 e. The molecule has 4 heterocycles. The maximum absolute atomic E-state index is 12.5. The molecule has 0 N–H and O–H groups in total. The zero-order chi connectivity index (χ0) is 14.9. The van der Waals surface area contributed by atoms with E-state index in [9.17, 15) is 4.79 Å². The highest BCUT2D eigenvalue weighted by molar-refractivity contribution is 7.09. The normalized spacial score (nSPS) is 30.2. The van der Waals surface area contributed by atoms with Crippen LogP contribution >= 0.6 is 11.3 Å². The number of nitrogens with zero attached hydrogens (tertiary/aromatic N) is 3. The van der Waals surface area contributed by atoms with Crippen molar-refractivity contribution in [2.45, 2.75) is 44.3 Å². The predicted molar refractivity (Wildman–Crippen MR) is 84.6 cm³/mol. The smallest absolute Gasteiger partial charge is 0.224 e. The lowest BCUT2D eigenvalue weighted by Gasteiger charge is -2.30. The number of carbonyl (C=O) groups is 1. The third-order valence-electron chi connectivity index (χ3n) is 5.35. The largest absolute Gasteiger partial charge is 0.381 e. The molecule has 0 saturated carbocycles. The summed E-state index contributed by atoms with van der Waals surface area (Å²) < 4.78 is 5.44. The van der Waals surface area contributed by atoms with E-state index < -0.39 is 0 Å². The summed E-state index contributed by atoms with van der Waals surface area (Å²) in [7, 11) is 0. The highest BCUT2D eigenvalue weighted by Crippen LogP contribution is 2.35. The van der Waals surface area contributed by atoms with Gasteiger partial charge in [0.15, 0.2) is 0 Å². The predicted octanol–water partition coefficient (Wildman–Crippen LogP) is 1.74. The Labute approximate surface area is 135 Å². The number of hydrogen-bond acceptors (Lipinski definition) is 5. The van der Waals surface area contributed by atoms with Crippen LogP contribution in [-0.4, -0.2) is 59.1 Å². The highest BCUT2D eigenvalue weighted by Gasteiger charge is 2.47. The fraction of sp³-hybridized carbons (Fsp3) is 0.750. The van der Waals surface area contributed by atoms with E-state index in [-0.39, 0.29) is 0 Å². The second-order valence-corrected chi connectivity index (χ2v) is 7.60. The van der Waals surface area contributed by atoms with Crippen molar-refractivity contribution < 1.29 is 9.53 Å². The molecule has 2 atom stereocenters. The van der Waals surface area contributed by atoms with Crippen LogP contribution < -0.4 is 0 Å². The van der Waals surface area contributed by atoms with Gasteiger partial charge in [0.25, 0.3) is 0 Å². The first-order valence-electron chi connectivity index (χ1n) is 8.31. The molecule has 22 heavy (non-hydrogen) atoms. The van der Waals surface area contributed by atoms with Crippen molar-refractivity contribution in [3.05, 3.63) is 16.6 Å². The van der Waals surface area contributed by atoms with Gasteiger partial charge in [-0.2, -0.15) is 0 Å². The van der Waals surface area contributed by atoms with E-state index in [1.54, 1.807) is 11.3 Å². The lowest BCUT2D eigenvalue weighted by molar-refractivity contribution is -0.130. The minimum Gasteiger partial charge on any atom is -0.381 e. The molecule has 0 unspecified atom stereocenters. The highest BCUT2D eigenvalue weighted by atomic mass is 32.1. The monoisotopic (exact) mass is 321 g/mol. The van der Waals surface area contributed by atoms with Crippen LogP contribution in [-0.2, 0) is 16.1 Å². The molecule has 1 aromatic heterocycles. The van der Waals surface area contributed by atoms with Crippen LogP contribution in [0.1, 0.15) is 30.7 Å². The Hall–Kier alpha value is -0.980. The van der Waals surface area contributed by atoms with E-state index in [0.717, 1.165) is 57.1 Å². The number of thiazole rings is 1. The standard InChI is InChI=1S/C16H23N3O2S/c20-16-9-14-13(19(16)10-12-2-6-21-7-3-12)1-5-18(14)11-15-17-4-8-22-15/h4,8,12-14H,1-3,5-7,9-11H2/t13-,14+/m0/s1. The number of likely N-dealkylation sites (tertiary alicyclic amines) is 2. The van der Waals surface area contributed by atoms with Gasteiger partial charge in [-0.05, 0) is 25.2 Å². The second kappa shape index (κ2) is 6.26. The zero-order valence-corrected chi connectivity index (χ0v) is 13.6. The Kier molecular flexibility index (Phi) is 4.15. The van der Waals surface area contributed by atoms with Crippen molar-refractivity contribution in [1.29, 1.82) is 0 Å².